The molecule has 19 heavy (non-hydrogen) atoms. The molecule has 1 aromatic carbocycles. The van der Waals surface area contributed by atoms with Crippen LogP contribution in [0, 0.1) is 0 Å². The standard InChI is InChI=1S/C12H13BrN4OS/c1-7(8-3-5-9(13)6-4-8)15-10(18)11-16-17-12(14-2)19-11/h3-7H,1-2H3,(H,14,17)(H,15,18). The van der Waals surface area contributed by atoms with E-state index in [1.807, 2.05) is 31.2 Å². The summed E-state index contributed by atoms with van der Waals surface area (Å²) < 4.78 is 1.01. The Bertz CT molecular complexity index is 569. The number of nitrogens with zero attached hydrogens (tertiary/aromatic N) is 2. The number of carbonyl (C=O) groups is 1. The summed E-state index contributed by atoms with van der Waals surface area (Å²) in [5.74, 6) is -0.214. The van der Waals surface area contributed by atoms with Gasteiger partial charge in [-0.05, 0) is 24.6 Å². The molecule has 5 nitrogen and oxygen atoms in total. The minimum Gasteiger partial charge on any atom is -0.363 e. The average Bonchev–Trinajstić information content (AvgIpc) is 2.88. The first kappa shape index (κ1) is 14.0. The maximum Gasteiger partial charge on any atom is 0.282 e. The van der Waals surface area contributed by atoms with E-state index < -0.39 is 0 Å². The highest BCUT2D eigenvalue weighted by Gasteiger charge is 2.15. The molecule has 2 N–H and O–H groups in total. The maximum absolute atomic E-state index is 12.0. The number of rotatable bonds is 4. The van der Waals surface area contributed by atoms with Crippen LogP contribution in [0.5, 0.6) is 0 Å². The molecule has 7 heteroatoms. The van der Waals surface area contributed by atoms with Gasteiger partial charge in [0.05, 0.1) is 6.04 Å². The van der Waals surface area contributed by atoms with Crippen LogP contribution in [0.25, 0.3) is 0 Å². The first-order chi connectivity index (χ1) is 9.10. The SMILES string of the molecule is CNc1nnc(C(=O)NC(C)c2ccc(Br)cc2)s1. The number of hydrogen-bond donors (Lipinski definition) is 2. The molecule has 0 spiro atoms. The summed E-state index contributed by atoms with van der Waals surface area (Å²) in [6.07, 6.45) is 0. The monoisotopic (exact) mass is 340 g/mol. The minimum atomic E-state index is -0.214. The summed E-state index contributed by atoms with van der Waals surface area (Å²) in [6, 6.07) is 7.74. The van der Waals surface area contributed by atoms with Gasteiger partial charge in [-0.25, -0.2) is 0 Å². The van der Waals surface area contributed by atoms with Crippen molar-refractivity contribution < 1.29 is 4.79 Å². The van der Waals surface area contributed by atoms with Crippen LogP contribution in [-0.2, 0) is 0 Å². The molecule has 0 radical (unpaired) electrons. The van der Waals surface area contributed by atoms with Crippen LogP contribution < -0.4 is 10.6 Å². The van der Waals surface area contributed by atoms with E-state index in [9.17, 15) is 4.79 Å². The Balaban J connectivity index is 2.04. The van der Waals surface area contributed by atoms with Gasteiger partial charge >= 0.3 is 0 Å². The van der Waals surface area contributed by atoms with Gasteiger partial charge in [0.25, 0.3) is 5.91 Å². The van der Waals surface area contributed by atoms with E-state index in [0.29, 0.717) is 10.1 Å². The Morgan fingerprint density at radius 3 is 2.58 bits per heavy atom. The zero-order valence-electron chi connectivity index (χ0n) is 10.5. The first-order valence-electron chi connectivity index (χ1n) is 5.67. The van der Waals surface area contributed by atoms with E-state index in [2.05, 4.69) is 36.8 Å². The summed E-state index contributed by atoms with van der Waals surface area (Å²) in [5, 5.41) is 14.4. The lowest BCUT2D eigenvalue weighted by atomic mass is 10.1. The summed E-state index contributed by atoms with van der Waals surface area (Å²) in [6.45, 7) is 1.93. The Hall–Kier alpha value is -1.47. The van der Waals surface area contributed by atoms with Crippen molar-refractivity contribution in [3.63, 3.8) is 0 Å². The molecule has 0 aliphatic rings. The molecular weight excluding hydrogens is 328 g/mol. The number of benzene rings is 1. The summed E-state index contributed by atoms with van der Waals surface area (Å²) in [7, 11) is 1.74. The van der Waals surface area contributed by atoms with Crippen molar-refractivity contribution in [3.05, 3.63) is 39.3 Å². The quantitative estimate of drug-likeness (QED) is 0.897. The van der Waals surface area contributed by atoms with Crippen LogP contribution in [0.3, 0.4) is 0 Å². The third-order valence-corrected chi connectivity index (χ3v) is 4.02. The first-order valence-corrected chi connectivity index (χ1v) is 7.28. The number of anilines is 1. The average molecular weight is 341 g/mol. The molecule has 0 fully saturated rings. The maximum atomic E-state index is 12.0. The predicted molar refractivity (Wildman–Crippen MR) is 79.5 cm³/mol. The van der Waals surface area contributed by atoms with Crippen molar-refractivity contribution >= 4 is 38.3 Å². The molecule has 1 aromatic heterocycles. The third-order valence-electron chi connectivity index (χ3n) is 2.55. The van der Waals surface area contributed by atoms with Crippen molar-refractivity contribution in [3.8, 4) is 0 Å². The van der Waals surface area contributed by atoms with Gasteiger partial charge < -0.3 is 10.6 Å². The van der Waals surface area contributed by atoms with Crippen LogP contribution in [0.4, 0.5) is 5.13 Å². The fourth-order valence-electron chi connectivity index (χ4n) is 1.51. The topological polar surface area (TPSA) is 66.9 Å². The molecule has 0 aliphatic carbocycles. The number of aromatic nitrogens is 2. The molecule has 0 saturated heterocycles. The molecule has 100 valence electrons. The van der Waals surface area contributed by atoms with E-state index in [4.69, 9.17) is 0 Å². The summed E-state index contributed by atoms with van der Waals surface area (Å²) in [4.78, 5) is 12.0. The molecule has 1 amide bonds. The van der Waals surface area contributed by atoms with Crippen molar-refractivity contribution in [1.29, 1.82) is 0 Å². The lowest BCUT2D eigenvalue weighted by Gasteiger charge is -2.13. The molecule has 1 unspecified atom stereocenters. The zero-order chi connectivity index (χ0) is 13.8. The molecule has 0 aliphatic heterocycles. The van der Waals surface area contributed by atoms with Crippen LogP contribution in [0.2, 0.25) is 0 Å². The Kier molecular flexibility index (Phi) is 4.49. The predicted octanol–water partition coefficient (Wildman–Crippen LogP) is 2.83. The largest absolute Gasteiger partial charge is 0.363 e. The molecule has 2 rings (SSSR count). The van der Waals surface area contributed by atoms with E-state index in [1.54, 1.807) is 7.05 Å². The van der Waals surface area contributed by atoms with Crippen LogP contribution in [0.1, 0.15) is 28.3 Å². The van der Waals surface area contributed by atoms with Gasteiger partial charge in [0.2, 0.25) is 10.1 Å². The highest BCUT2D eigenvalue weighted by atomic mass is 79.9. The molecule has 1 atom stereocenters. The third kappa shape index (κ3) is 3.51. The second-order valence-electron chi connectivity index (χ2n) is 3.91. The van der Waals surface area contributed by atoms with E-state index in [0.717, 1.165) is 10.0 Å². The van der Waals surface area contributed by atoms with Crippen molar-refractivity contribution in [2.45, 2.75) is 13.0 Å². The fourth-order valence-corrected chi connectivity index (χ4v) is 2.37. The van der Waals surface area contributed by atoms with Gasteiger partial charge in [-0.2, -0.15) is 0 Å². The van der Waals surface area contributed by atoms with Crippen molar-refractivity contribution in [2.24, 2.45) is 0 Å². The van der Waals surface area contributed by atoms with Crippen molar-refractivity contribution in [2.75, 3.05) is 12.4 Å². The number of amides is 1. The van der Waals surface area contributed by atoms with Gasteiger partial charge in [0.15, 0.2) is 0 Å². The molecule has 0 saturated carbocycles. The van der Waals surface area contributed by atoms with Crippen molar-refractivity contribution in [1.82, 2.24) is 15.5 Å². The highest BCUT2D eigenvalue weighted by molar-refractivity contribution is 9.10. The van der Waals surface area contributed by atoms with Gasteiger partial charge in [-0.3, -0.25) is 4.79 Å². The molecule has 1 heterocycles. The minimum absolute atomic E-state index is 0.0810. The molecular formula is C12H13BrN4OS. The number of halogens is 1. The molecule has 2 aromatic rings. The van der Waals surface area contributed by atoms with Gasteiger partial charge in [0, 0.05) is 11.5 Å². The van der Waals surface area contributed by atoms with Crippen LogP contribution in [-0.4, -0.2) is 23.2 Å². The highest BCUT2D eigenvalue weighted by Crippen LogP contribution is 2.18. The molecule has 0 bridgehead atoms. The van der Waals surface area contributed by atoms with Crippen LogP contribution in [0.15, 0.2) is 28.7 Å². The Morgan fingerprint density at radius 1 is 1.32 bits per heavy atom. The lowest BCUT2D eigenvalue weighted by molar-refractivity contribution is 0.0939. The zero-order valence-corrected chi connectivity index (χ0v) is 12.9. The number of carbonyl (C=O) groups excluding carboxylic acids is 1. The van der Waals surface area contributed by atoms with Gasteiger partial charge in [-0.15, -0.1) is 10.2 Å². The number of nitrogens with one attached hydrogen (secondary N) is 2. The second-order valence-corrected chi connectivity index (χ2v) is 5.80. The Morgan fingerprint density at radius 2 is 2.00 bits per heavy atom. The van der Waals surface area contributed by atoms with E-state index >= 15 is 0 Å². The van der Waals surface area contributed by atoms with E-state index in [1.165, 1.54) is 11.3 Å². The van der Waals surface area contributed by atoms with Gasteiger partial charge in [-0.1, -0.05) is 39.4 Å². The fraction of sp³-hybridized carbons (Fsp3) is 0.250. The summed E-state index contributed by atoms with van der Waals surface area (Å²) in [5.41, 5.74) is 1.04. The number of hydrogen-bond acceptors (Lipinski definition) is 5. The normalized spacial score (nSPS) is 11.9. The summed E-state index contributed by atoms with van der Waals surface area (Å²) >= 11 is 4.61. The second kappa shape index (κ2) is 6.12. The lowest BCUT2D eigenvalue weighted by Crippen LogP contribution is -2.26. The smallest absolute Gasteiger partial charge is 0.282 e. The van der Waals surface area contributed by atoms with Crippen LogP contribution >= 0.6 is 27.3 Å². The Labute approximate surface area is 123 Å². The van der Waals surface area contributed by atoms with Gasteiger partial charge in [0.1, 0.15) is 0 Å². The van der Waals surface area contributed by atoms with E-state index in [-0.39, 0.29) is 11.9 Å².